The number of hydrogen-bond acceptors (Lipinski definition) is 2. The minimum atomic E-state index is -0.0607. The van der Waals surface area contributed by atoms with Crippen LogP contribution in [-0.4, -0.2) is 16.8 Å². The maximum atomic E-state index is 11.5. The summed E-state index contributed by atoms with van der Waals surface area (Å²) in [5, 5.41) is 2.89. The Labute approximate surface area is 107 Å². The largest absolute Gasteiger partial charge is 0.323 e. The summed E-state index contributed by atoms with van der Waals surface area (Å²) in [5.74, 6) is -0.0607. The molecule has 2 aliphatic rings. The molecule has 1 saturated carbocycles. The van der Waals surface area contributed by atoms with Crippen LogP contribution in [0.25, 0.3) is 0 Å². The third kappa shape index (κ3) is 2.31. The first kappa shape index (κ1) is 11.5. The van der Waals surface area contributed by atoms with Gasteiger partial charge < -0.3 is 5.32 Å². The molecule has 1 amide bonds. The smallest absolute Gasteiger partial charge is 0.248 e. The molecule has 94 valence electrons. The van der Waals surface area contributed by atoms with Crippen LogP contribution in [-0.2, 0) is 17.9 Å². The molecule has 1 aromatic carbocycles. The van der Waals surface area contributed by atoms with Crippen molar-refractivity contribution in [1.82, 2.24) is 4.90 Å². The zero-order valence-electron chi connectivity index (χ0n) is 10.6. The minimum absolute atomic E-state index is 0.0607. The average Bonchev–Trinajstić information content (AvgIpc) is 3.10. The second-order valence-corrected chi connectivity index (χ2v) is 5.11. The highest BCUT2D eigenvalue weighted by Gasteiger charge is 2.32. The summed E-state index contributed by atoms with van der Waals surface area (Å²) in [6.07, 6.45) is 5.99. The summed E-state index contributed by atoms with van der Waals surface area (Å²) in [6, 6.07) is 7.05. The standard InChI is InChI=1S/C15H18N2O/c1-2-3-15(18)16-13-5-4-11-9-17(14-6-7-14)10-12(11)8-13/h2-5,8,14H,6-7,9-10H2,1H3,(H,16,18)/b3-2+. The minimum Gasteiger partial charge on any atom is -0.323 e. The molecule has 1 aliphatic heterocycles. The number of anilines is 1. The molecule has 0 aromatic heterocycles. The number of rotatable bonds is 3. The molecule has 18 heavy (non-hydrogen) atoms. The number of nitrogens with one attached hydrogen (secondary N) is 1. The van der Waals surface area contributed by atoms with Crippen LogP contribution < -0.4 is 5.32 Å². The number of hydrogen-bond donors (Lipinski definition) is 1. The van der Waals surface area contributed by atoms with Crippen LogP contribution in [0.5, 0.6) is 0 Å². The van der Waals surface area contributed by atoms with Crippen molar-refractivity contribution < 1.29 is 4.79 Å². The topological polar surface area (TPSA) is 32.3 Å². The maximum absolute atomic E-state index is 11.5. The molecule has 0 bridgehead atoms. The van der Waals surface area contributed by atoms with Crippen molar-refractivity contribution in [1.29, 1.82) is 0 Å². The van der Waals surface area contributed by atoms with E-state index in [1.165, 1.54) is 24.0 Å². The Bertz CT molecular complexity index is 503. The predicted molar refractivity (Wildman–Crippen MR) is 72.2 cm³/mol. The quantitative estimate of drug-likeness (QED) is 0.826. The zero-order chi connectivity index (χ0) is 12.5. The summed E-state index contributed by atoms with van der Waals surface area (Å²) in [7, 11) is 0. The number of carbonyl (C=O) groups is 1. The van der Waals surface area contributed by atoms with Gasteiger partial charge in [-0.05, 0) is 49.1 Å². The van der Waals surface area contributed by atoms with Gasteiger partial charge in [-0.15, -0.1) is 0 Å². The van der Waals surface area contributed by atoms with Crippen molar-refractivity contribution in [2.45, 2.75) is 38.9 Å². The molecule has 1 aliphatic carbocycles. The second kappa shape index (κ2) is 4.58. The molecule has 0 saturated heterocycles. The van der Waals surface area contributed by atoms with Gasteiger partial charge in [-0.1, -0.05) is 12.1 Å². The Morgan fingerprint density at radius 2 is 2.11 bits per heavy atom. The van der Waals surface area contributed by atoms with Crippen LogP contribution in [0.1, 0.15) is 30.9 Å². The third-order valence-electron chi connectivity index (χ3n) is 3.60. The lowest BCUT2D eigenvalue weighted by atomic mass is 10.1. The van der Waals surface area contributed by atoms with Gasteiger partial charge in [0, 0.05) is 24.8 Å². The number of fused-ring (bicyclic) bond motifs is 1. The van der Waals surface area contributed by atoms with E-state index in [0.717, 1.165) is 24.8 Å². The molecule has 3 rings (SSSR count). The molecular formula is C15H18N2O. The fourth-order valence-electron chi connectivity index (χ4n) is 2.53. The highest BCUT2D eigenvalue weighted by atomic mass is 16.1. The van der Waals surface area contributed by atoms with Gasteiger partial charge in [-0.25, -0.2) is 0 Å². The van der Waals surface area contributed by atoms with Gasteiger partial charge in [0.05, 0.1) is 0 Å². The van der Waals surface area contributed by atoms with Gasteiger partial charge in [-0.2, -0.15) is 0 Å². The van der Waals surface area contributed by atoms with Crippen molar-refractivity contribution in [3.05, 3.63) is 41.5 Å². The predicted octanol–water partition coefficient (Wildman–Crippen LogP) is 2.68. The monoisotopic (exact) mass is 242 g/mol. The van der Waals surface area contributed by atoms with Gasteiger partial charge in [0.25, 0.3) is 0 Å². The second-order valence-electron chi connectivity index (χ2n) is 5.11. The normalized spacial score (nSPS) is 19.2. The molecule has 0 radical (unpaired) electrons. The van der Waals surface area contributed by atoms with E-state index in [4.69, 9.17) is 0 Å². The number of nitrogens with zero attached hydrogens (tertiary/aromatic N) is 1. The van der Waals surface area contributed by atoms with E-state index < -0.39 is 0 Å². The van der Waals surface area contributed by atoms with E-state index in [1.807, 2.05) is 13.0 Å². The number of allylic oxidation sites excluding steroid dienone is 1. The van der Waals surface area contributed by atoms with Crippen LogP contribution >= 0.6 is 0 Å². The van der Waals surface area contributed by atoms with Crippen LogP contribution in [0.15, 0.2) is 30.4 Å². The molecule has 3 nitrogen and oxygen atoms in total. The lowest BCUT2D eigenvalue weighted by Crippen LogP contribution is -2.18. The maximum Gasteiger partial charge on any atom is 0.248 e. The lowest BCUT2D eigenvalue weighted by molar-refractivity contribution is -0.111. The van der Waals surface area contributed by atoms with Crippen LogP contribution in [0.3, 0.4) is 0 Å². The summed E-state index contributed by atoms with van der Waals surface area (Å²) in [4.78, 5) is 14.0. The first-order chi connectivity index (χ1) is 8.76. The summed E-state index contributed by atoms with van der Waals surface area (Å²) >= 11 is 0. The molecule has 3 heteroatoms. The Kier molecular flexibility index (Phi) is 2.92. The average molecular weight is 242 g/mol. The van der Waals surface area contributed by atoms with E-state index in [2.05, 4.69) is 22.3 Å². The van der Waals surface area contributed by atoms with Crippen molar-refractivity contribution in [3.8, 4) is 0 Å². The summed E-state index contributed by atoms with van der Waals surface area (Å²) < 4.78 is 0. The summed E-state index contributed by atoms with van der Waals surface area (Å²) in [6.45, 7) is 3.95. The fourth-order valence-corrected chi connectivity index (χ4v) is 2.53. The third-order valence-corrected chi connectivity index (χ3v) is 3.60. The van der Waals surface area contributed by atoms with Crippen molar-refractivity contribution >= 4 is 11.6 Å². The highest BCUT2D eigenvalue weighted by Crippen LogP contribution is 2.35. The Balaban J connectivity index is 1.72. The molecule has 0 spiro atoms. The van der Waals surface area contributed by atoms with Crippen molar-refractivity contribution in [2.75, 3.05) is 5.32 Å². The summed E-state index contributed by atoms with van der Waals surface area (Å²) in [5.41, 5.74) is 3.67. The molecule has 1 N–H and O–H groups in total. The first-order valence-electron chi connectivity index (χ1n) is 6.56. The fraction of sp³-hybridized carbons (Fsp3) is 0.400. The zero-order valence-corrected chi connectivity index (χ0v) is 10.6. The molecule has 1 aromatic rings. The Morgan fingerprint density at radius 3 is 2.83 bits per heavy atom. The van der Waals surface area contributed by atoms with E-state index >= 15 is 0 Å². The number of amides is 1. The molecule has 0 unspecified atom stereocenters. The first-order valence-corrected chi connectivity index (χ1v) is 6.56. The number of benzene rings is 1. The SMILES string of the molecule is C/C=C/C(=O)Nc1ccc2c(c1)CN(C1CC1)C2. The van der Waals surface area contributed by atoms with Crippen molar-refractivity contribution in [2.24, 2.45) is 0 Å². The molecular weight excluding hydrogens is 224 g/mol. The lowest BCUT2D eigenvalue weighted by Gasteiger charge is -2.11. The van der Waals surface area contributed by atoms with E-state index in [9.17, 15) is 4.79 Å². The Hall–Kier alpha value is -1.61. The van der Waals surface area contributed by atoms with Crippen molar-refractivity contribution in [3.63, 3.8) is 0 Å². The highest BCUT2D eigenvalue weighted by molar-refractivity contribution is 5.99. The van der Waals surface area contributed by atoms with Gasteiger partial charge in [0.2, 0.25) is 5.91 Å². The van der Waals surface area contributed by atoms with Crippen LogP contribution in [0, 0.1) is 0 Å². The van der Waals surface area contributed by atoms with E-state index in [1.54, 1.807) is 12.2 Å². The van der Waals surface area contributed by atoms with E-state index in [0.29, 0.717) is 0 Å². The molecule has 0 atom stereocenters. The van der Waals surface area contributed by atoms with Crippen LogP contribution in [0.4, 0.5) is 5.69 Å². The molecule has 1 heterocycles. The van der Waals surface area contributed by atoms with Gasteiger partial charge in [0.15, 0.2) is 0 Å². The van der Waals surface area contributed by atoms with Gasteiger partial charge in [0.1, 0.15) is 0 Å². The Morgan fingerprint density at radius 1 is 1.33 bits per heavy atom. The van der Waals surface area contributed by atoms with Crippen LogP contribution in [0.2, 0.25) is 0 Å². The van der Waals surface area contributed by atoms with Gasteiger partial charge in [-0.3, -0.25) is 9.69 Å². The van der Waals surface area contributed by atoms with E-state index in [-0.39, 0.29) is 5.91 Å². The van der Waals surface area contributed by atoms with Gasteiger partial charge >= 0.3 is 0 Å². The molecule has 1 fully saturated rings. The number of carbonyl (C=O) groups excluding carboxylic acids is 1.